The fourth-order valence-electron chi connectivity index (χ4n) is 4.18. The highest BCUT2D eigenvalue weighted by Gasteiger charge is 2.43. The monoisotopic (exact) mass is 327 g/mol. The third kappa shape index (κ3) is 1.54. The van der Waals surface area contributed by atoms with Crippen LogP contribution in [-0.4, -0.2) is 0 Å². The Balaban J connectivity index is 2.04. The summed E-state index contributed by atoms with van der Waals surface area (Å²) < 4.78 is 1.01. The van der Waals surface area contributed by atoms with Crippen molar-refractivity contribution in [1.82, 2.24) is 0 Å². The minimum atomic E-state index is 0.221. The average Bonchev–Trinajstić information content (AvgIpc) is 2.72. The van der Waals surface area contributed by atoms with Gasteiger partial charge in [0, 0.05) is 15.6 Å². The van der Waals surface area contributed by atoms with Gasteiger partial charge in [0.2, 0.25) is 0 Å². The largest absolute Gasteiger partial charge is 0.398 e. The summed E-state index contributed by atoms with van der Waals surface area (Å²) in [5.41, 5.74) is 13.0. The van der Waals surface area contributed by atoms with E-state index in [0.29, 0.717) is 0 Å². The van der Waals surface area contributed by atoms with Gasteiger partial charge in [-0.3, -0.25) is 0 Å². The Morgan fingerprint density at radius 3 is 2.45 bits per heavy atom. The van der Waals surface area contributed by atoms with Crippen LogP contribution < -0.4 is 5.73 Å². The molecule has 2 heteroatoms. The van der Waals surface area contributed by atoms with E-state index in [4.69, 9.17) is 5.73 Å². The molecule has 20 heavy (non-hydrogen) atoms. The van der Waals surface area contributed by atoms with Gasteiger partial charge in [0.05, 0.1) is 0 Å². The predicted octanol–water partition coefficient (Wildman–Crippen LogP) is 5.26. The molecule has 0 bridgehead atoms. The lowest BCUT2D eigenvalue weighted by Crippen LogP contribution is -2.28. The van der Waals surface area contributed by atoms with Crippen molar-refractivity contribution in [3.05, 3.63) is 52.0 Å². The highest BCUT2D eigenvalue weighted by atomic mass is 79.9. The van der Waals surface area contributed by atoms with Gasteiger partial charge >= 0.3 is 0 Å². The molecule has 0 unspecified atom stereocenters. The molecule has 2 aromatic rings. The van der Waals surface area contributed by atoms with E-state index in [1.54, 1.807) is 0 Å². The summed E-state index contributed by atoms with van der Waals surface area (Å²) in [4.78, 5) is 0. The quantitative estimate of drug-likeness (QED) is 0.656. The predicted molar refractivity (Wildman–Crippen MR) is 87.9 cm³/mol. The summed E-state index contributed by atoms with van der Waals surface area (Å²) >= 11 is 3.59. The van der Waals surface area contributed by atoms with Gasteiger partial charge < -0.3 is 5.73 Å². The molecule has 1 fully saturated rings. The summed E-state index contributed by atoms with van der Waals surface area (Å²) in [5, 5.41) is 0. The number of anilines is 1. The first-order valence-corrected chi connectivity index (χ1v) is 8.21. The molecule has 2 N–H and O–H groups in total. The van der Waals surface area contributed by atoms with Gasteiger partial charge in [-0.25, -0.2) is 0 Å². The number of nitrogens with two attached hydrogens (primary N) is 1. The maximum Gasteiger partial charge on any atom is 0.0462 e. The second kappa shape index (κ2) is 4.36. The number of halogens is 1. The van der Waals surface area contributed by atoms with Crippen molar-refractivity contribution in [2.75, 3.05) is 5.73 Å². The number of benzene rings is 2. The Bertz CT molecular complexity index is 684. The van der Waals surface area contributed by atoms with Gasteiger partial charge in [-0.05, 0) is 63.2 Å². The van der Waals surface area contributed by atoms with Gasteiger partial charge in [-0.15, -0.1) is 0 Å². The second-order valence-electron chi connectivity index (χ2n) is 6.11. The maximum atomic E-state index is 6.17. The van der Waals surface area contributed by atoms with Crippen LogP contribution in [0.3, 0.4) is 0 Å². The van der Waals surface area contributed by atoms with E-state index in [1.165, 1.54) is 54.4 Å². The lowest BCUT2D eigenvalue weighted by atomic mass is 9.68. The van der Waals surface area contributed by atoms with Crippen LogP contribution in [0.15, 0.2) is 40.9 Å². The van der Waals surface area contributed by atoms with Gasteiger partial charge in [0.15, 0.2) is 0 Å². The lowest BCUT2D eigenvalue weighted by Gasteiger charge is -2.36. The van der Waals surface area contributed by atoms with Gasteiger partial charge in [0.25, 0.3) is 0 Å². The fraction of sp³-hybridized carbons (Fsp3) is 0.333. The molecule has 2 aliphatic carbocycles. The minimum Gasteiger partial charge on any atom is -0.398 e. The molecule has 4 rings (SSSR count). The van der Waals surface area contributed by atoms with Crippen molar-refractivity contribution < 1.29 is 0 Å². The van der Waals surface area contributed by atoms with Crippen LogP contribution in [0.2, 0.25) is 0 Å². The Kier molecular flexibility index (Phi) is 2.71. The third-order valence-corrected chi connectivity index (χ3v) is 5.78. The standard InChI is InChI=1S/C18H18BrN/c19-16-10-13-12-6-2-3-7-14(12)18(8-4-1-5-9-18)15(13)11-17(16)20/h2-3,6-7,10-11H,1,4-5,8-9,20H2. The number of fused-ring (bicyclic) bond motifs is 5. The van der Waals surface area contributed by atoms with E-state index in [0.717, 1.165) is 10.2 Å². The fourth-order valence-corrected chi connectivity index (χ4v) is 4.53. The Morgan fingerprint density at radius 1 is 0.900 bits per heavy atom. The topological polar surface area (TPSA) is 26.0 Å². The van der Waals surface area contributed by atoms with E-state index in [1.807, 2.05) is 0 Å². The molecule has 0 saturated heterocycles. The van der Waals surface area contributed by atoms with Gasteiger partial charge in [-0.2, -0.15) is 0 Å². The number of hydrogen-bond donors (Lipinski definition) is 1. The molecule has 1 saturated carbocycles. The van der Waals surface area contributed by atoms with Crippen LogP contribution in [-0.2, 0) is 5.41 Å². The molecule has 2 aliphatic rings. The van der Waals surface area contributed by atoms with E-state index in [2.05, 4.69) is 52.3 Å². The molecule has 1 spiro atoms. The first-order chi connectivity index (χ1) is 9.72. The molecular weight excluding hydrogens is 310 g/mol. The molecule has 0 atom stereocenters. The Morgan fingerprint density at radius 2 is 1.65 bits per heavy atom. The SMILES string of the molecule is Nc1cc2c(cc1Br)-c1ccccc1C21CCCCC1. The van der Waals surface area contributed by atoms with Crippen molar-refractivity contribution in [3.63, 3.8) is 0 Å². The van der Waals surface area contributed by atoms with Crippen molar-refractivity contribution in [3.8, 4) is 11.1 Å². The lowest BCUT2D eigenvalue weighted by molar-refractivity contribution is 0.353. The summed E-state index contributed by atoms with van der Waals surface area (Å²) in [5.74, 6) is 0. The zero-order valence-corrected chi connectivity index (χ0v) is 13.0. The summed E-state index contributed by atoms with van der Waals surface area (Å²) in [6.45, 7) is 0. The molecule has 102 valence electrons. The zero-order chi connectivity index (χ0) is 13.7. The minimum absolute atomic E-state index is 0.221. The van der Waals surface area contributed by atoms with E-state index in [-0.39, 0.29) is 5.41 Å². The Hall–Kier alpha value is -1.28. The molecule has 0 aliphatic heterocycles. The van der Waals surface area contributed by atoms with Gasteiger partial charge in [0.1, 0.15) is 0 Å². The average molecular weight is 328 g/mol. The first-order valence-electron chi connectivity index (χ1n) is 7.42. The van der Waals surface area contributed by atoms with Crippen LogP contribution >= 0.6 is 15.9 Å². The van der Waals surface area contributed by atoms with Crippen molar-refractivity contribution in [2.24, 2.45) is 0 Å². The molecular formula is C18H18BrN. The highest BCUT2D eigenvalue weighted by Crippen LogP contribution is 2.56. The highest BCUT2D eigenvalue weighted by molar-refractivity contribution is 9.10. The second-order valence-corrected chi connectivity index (χ2v) is 6.96. The number of rotatable bonds is 0. The number of nitrogen functional groups attached to an aromatic ring is 1. The molecule has 0 radical (unpaired) electrons. The van der Waals surface area contributed by atoms with E-state index >= 15 is 0 Å². The summed E-state index contributed by atoms with van der Waals surface area (Å²) in [6, 6.07) is 13.3. The molecule has 2 aromatic carbocycles. The maximum absolute atomic E-state index is 6.17. The molecule has 1 nitrogen and oxygen atoms in total. The molecule has 0 aromatic heterocycles. The molecule has 0 amide bonds. The van der Waals surface area contributed by atoms with Crippen LogP contribution in [0.5, 0.6) is 0 Å². The Labute approximate surface area is 128 Å². The van der Waals surface area contributed by atoms with E-state index < -0.39 is 0 Å². The van der Waals surface area contributed by atoms with Crippen molar-refractivity contribution in [1.29, 1.82) is 0 Å². The summed E-state index contributed by atoms with van der Waals surface area (Å²) in [6.07, 6.45) is 6.54. The van der Waals surface area contributed by atoms with Crippen LogP contribution in [0.1, 0.15) is 43.2 Å². The van der Waals surface area contributed by atoms with Crippen LogP contribution in [0.4, 0.5) is 5.69 Å². The number of hydrogen-bond acceptors (Lipinski definition) is 1. The smallest absolute Gasteiger partial charge is 0.0462 e. The van der Waals surface area contributed by atoms with Crippen molar-refractivity contribution in [2.45, 2.75) is 37.5 Å². The van der Waals surface area contributed by atoms with Crippen LogP contribution in [0.25, 0.3) is 11.1 Å². The summed E-state index contributed by atoms with van der Waals surface area (Å²) in [7, 11) is 0. The van der Waals surface area contributed by atoms with Crippen molar-refractivity contribution >= 4 is 21.6 Å². The normalized spacial score (nSPS) is 18.9. The third-order valence-electron chi connectivity index (χ3n) is 5.09. The van der Waals surface area contributed by atoms with Crippen LogP contribution in [0, 0.1) is 0 Å². The first kappa shape index (κ1) is 12.5. The van der Waals surface area contributed by atoms with E-state index in [9.17, 15) is 0 Å². The molecule has 0 heterocycles. The zero-order valence-electron chi connectivity index (χ0n) is 11.5. The van der Waals surface area contributed by atoms with Gasteiger partial charge in [-0.1, -0.05) is 43.5 Å².